The highest BCUT2D eigenvalue weighted by molar-refractivity contribution is 7.08. The van der Waals surface area contributed by atoms with E-state index in [1.165, 1.54) is 0 Å². The summed E-state index contributed by atoms with van der Waals surface area (Å²) in [6, 6.07) is 0. The van der Waals surface area contributed by atoms with Crippen LogP contribution in [0.25, 0.3) is 0 Å². The fourth-order valence-corrected chi connectivity index (χ4v) is 3.82. The predicted octanol–water partition coefficient (Wildman–Crippen LogP) is 2.35. The molecule has 1 amide bonds. The van der Waals surface area contributed by atoms with Crippen molar-refractivity contribution in [2.45, 2.75) is 57.4 Å². The first-order valence-electron chi connectivity index (χ1n) is 7.31. The number of aromatic nitrogens is 2. The second kappa shape index (κ2) is 6.51. The summed E-state index contributed by atoms with van der Waals surface area (Å²) in [4.78, 5) is 26.2. The zero-order chi connectivity index (χ0) is 15.5. The molecule has 7 heteroatoms. The number of nitrogens with zero attached hydrogens (tertiary/aromatic N) is 3. The summed E-state index contributed by atoms with van der Waals surface area (Å²) < 4.78 is 3.85. The van der Waals surface area contributed by atoms with E-state index in [1.54, 1.807) is 11.9 Å². The lowest BCUT2D eigenvalue weighted by atomic mass is 9.78. The molecule has 1 heterocycles. The number of carboxylic acids is 1. The maximum Gasteiger partial charge on any atom is 0.305 e. The number of carbonyl (C=O) groups excluding carboxylic acids is 1. The molecular weight excluding hydrogens is 290 g/mol. The van der Waals surface area contributed by atoms with E-state index in [0.717, 1.165) is 43.6 Å². The Labute approximate surface area is 128 Å². The van der Waals surface area contributed by atoms with Gasteiger partial charge in [0.1, 0.15) is 4.88 Å². The second-order valence-corrected chi connectivity index (χ2v) is 6.38. The highest BCUT2D eigenvalue weighted by Crippen LogP contribution is 2.37. The third-order valence-electron chi connectivity index (χ3n) is 4.37. The van der Waals surface area contributed by atoms with Crippen molar-refractivity contribution in [3.63, 3.8) is 0 Å². The van der Waals surface area contributed by atoms with Crippen LogP contribution in [0.1, 0.15) is 60.8 Å². The Morgan fingerprint density at radius 2 is 2.00 bits per heavy atom. The van der Waals surface area contributed by atoms with E-state index in [9.17, 15) is 14.7 Å². The van der Waals surface area contributed by atoms with Crippen LogP contribution in [0.4, 0.5) is 0 Å². The number of aliphatic carboxylic acids is 1. The van der Waals surface area contributed by atoms with Gasteiger partial charge in [0, 0.05) is 7.05 Å². The van der Waals surface area contributed by atoms with Gasteiger partial charge in [-0.1, -0.05) is 30.7 Å². The van der Waals surface area contributed by atoms with Crippen LogP contribution in [0.3, 0.4) is 0 Å². The molecule has 0 aliphatic heterocycles. The van der Waals surface area contributed by atoms with Crippen LogP contribution >= 0.6 is 11.5 Å². The maximum atomic E-state index is 12.7. The molecule has 21 heavy (non-hydrogen) atoms. The van der Waals surface area contributed by atoms with Gasteiger partial charge in [-0.15, -0.1) is 5.10 Å². The summed E-state index contributed by atoms with van der Waals surface area (Å²) in [7, 11) is 1.72. The number of carboxylic acid groups (broad SMARTS) is 1. The largest absolute Gasteiger partial charge is 0.481 e. The Kier molecular flexibility index (Phi) is 4.92. The van der Waals surface area contributed by atoms with Gasteiger partial charge in [0.15, 0.2) is 0 Å². The average Bonchev–Trinajstić information content (AvgIpc) is 2.94. The monoisotopic (exact) mass is 311 g/mol. The third-order valence-corrected chi connectivity index (χ3v) is 5.12. The lowest BCUT2D eigenvalue weighted by Gasteiger charge is -2.43. The van der Waals surface area contributed by atoms with Crippen LogP contribution in [0, 0.1) is 0 Å². The summed E-state index contributed by atoms with van der Waals surface area (Å²) in [6.07, 6.45) is 5.18. The lowest BCUT2D eigenvalue weighted by molar-refractivity contribution is -0.140. The minimum absolute atomic E-state index is 0.00291. The summed E-state index contributed by atoms with van der Waals surface area (Å²) in [6.45, 7) is 1.93. The first-order chi connectivity index (χ1) is 10.00. The van der Waals surface area contributed by atoms with Crippen LogP contribution < -0.4 is 0 Å². The molecule has 0 atom stereocenters. The van der Waals surface area contributed by atoms with E-state index in [0.29, 0.717) is 17.0 Å². The number of carbonyl (C=O) groups is 2. The molecule has 1 aliphatic rings. The van der Waals surface area contributed by atoms with Crippen molar-refractivity contribution in [1.29, 1.82) is 0 Å². The van der Waals surface area contributed by atoms with Gasteiger partial charge in [-0.2, -0.15) is 0 Å². The van der Waals surface area contributed by atoms with Gasteiger partial charge in [-0.05, 0) is 30.8 Å². The number of aryl methyl sites for hydroxylation is 1. The van der Waals surface area contributed by atoms with E-state index in [2.05, 4.69) is 9.59 Å². The van der Waals surface area contributed by atoms with Gasteiger partial charge >= 0.3 is 5.97 Å². The fourth-order valence-electron chi connectivity index (χ4n) is 3.09. The molecule has 1 saturated carbocycles. The average molecular weight is 311 g/mol. The molecule has 0 aromatic carbocycles. The molecule has 1 aliphatic carbocycles. The molecule has 0 radical (unpaired) electrons. The van der Waals surface area contributed by atoms with Crippen LogP contribution in [-0.4, -0.2) is 44.1 Å². The molecule has 6 nitrogen and oxygen atoms in total. The Bertz CT molecular complexity index is 523. The number of rotatable bonds is 5. The molecule has 0 saturated heterocycles. The van der Waals surface area contributed by atoms with Gasteiger partial charge in [0.25, 0.3) is 5.91 Å². The maximum absolute atomic E-state index is 12.7. The zero-order valence-corrected chi connectivity index (χ0v) is 13.3. The molecule has 116 valence electrons. The standard InChI is InChI=1S/C14H21N3O3S/c1-3-10-12(21-16-15-10)13(20)17(2)14(9-11(18)19)7-5-4-6-8-14/h3-9H2,1-2H3,(H,18,19). The van der Waals surface area contributed by atoms with Crippen molar-refractivity contribution >= 4 is 23.4 Å². The first-order valence-corrected chi connectivity index (χ1v) is 8.08. The number of amides is 1. The molecular formula is C14H21N3O3S. The van der Waals surface area contributed by atoms with E-state index < -0.39 is 11.5 Å². The quantitative estimate of drug-likeness (QED) is 0.902. The van der Waals surface area contributed by atoms with Crippen LogP contribution in [0.2, 0.25) is 0 Å². The highest BCUT2D eigenvalue weighted by atomic mass is 32.1. The Balaban J connectivity index is 2.27. The summed E-state index contributed by atoms with van der Waals surface area (Å²) in [5.74, 6) is -1.00. The van der Waals surface area contributed by atoms with Gasteiger partial charge in [0.2, 0.25) is 0 Å². The van der Waals surface area contributed by atoms with Gasteiger partial charge in [0.05, 0.1) is 17.7 Å². The van der Waals surface area contributed by atoms with Crippen molar-refractivity contribution in [1.82, 2.24) is 14.5 Å². The smallest absolute Gasteiger partial charge is 0.305 e. The van der Waals surface area contributed by atoms with Crippen molar-refractivity contribution in [3.8, 4) is 0 Å². The molecule has 1 aromatic rings. The Morgan fingerprint density at radius 1 is 1.33 bits per heavy atom. The van der Waals surface area contributed by atoms with E-state index >= 15 is 0 Å². The molecule has 0 spiro atoms. The van der Waals surface area contributed by atoms with Crippen molar-refractivity contribution in [2.75, 3.05) is 7.05 Å². The summed E-state index contributed by atoms with van der Waals surface area (Å²) in [5, 5.41) is 13.2. The predicted molar refractivity (Wildman–Crippen MR) is 79.4 cm³/mol. The normalized spacial score (nSPS) is 17.4. The Hall–Kier alpha value is -1.50. The molecule has 1 N–H and O–H groups in total. The highest BCUT2D eigenvalue weighted by Gasteiger charge is 2.41. The third kappa shape index (κ3) is 3.23. The topological polar surface area (TPSA) is 83.4 Å². The van der Waals surface area contributed by atoms with Gasteiger partial charge in [-0.3, -0.25) is 9.59 Å². The minimum Gasteiger partial charge on any atom is -0.481 e. The molecule has 2 rings (SSSR count). The Morgan fingerprint density at radius 3 is 2.57 bits per heavy atom. The van der Waals surface area contributed by atoms with Crippen molar-refractivity contribution in [3.05, 3.63) is 10.6 Å². The van der Waals surface area contributed by atoms with Crippen molar-refractivity contribution < 1.29 is 14.7 Å². The van der Waals surface area contributed by atoms with Gasteiger partial charge in [-0.25, -0.2) is 0 Å². The van der Waals surface area contributed by atoms with E-state index in [4.69, 9.17) is 0 Å². The molecule has 0 bridgehead atoms. The number of hydrogen-bond donors (Lipinski definition) is 1. The van der Waals surface area contributed by atoms with E-state index in [1.807, 2.05) is 6.92 Å². The lowest BCUT2D eigenvalue weighted by Crippen LogP contribution is -2.52. The SMILES string of the molecule is CCc1nnsc1C(=O)N(C)C1(CC(=O)O)CCCCC1. The molecule has 1 fully saturated rings. The van der Waals surface area contributed by atoms with Crippen LogP contribution in [0.15, 0.2) is 0 Å². The zero-order valence-electron chi connectivity index (χ0n) is 12.5. The molecule has 1 aromatic heterocycles. The first kappa shape index (κ1) is 15.9. The fraction of sp³-hybridized carbons (Fsp3) is 0.714. The molecule has 0 unspecified atom stereocenters. The van der Waals surface area contributed by atoms with Gasteiger partial charge < -0.3 is 10.0 Å². The summed E-state index contributed by atoms with van der Waals surface area (Å²) >= 11 is 1.09. The van der Waals surface area contributed by atoms with Crippen molar-refractivity contribution in [2.24, 2.45) is 0 Å². The minimum atomic E-state index is -0.852. The van der Waals surface area contributed by atoms with Crippen LogP contribution in [0.5, 0.6) is 0 Å². The summed E-state index contributed by atoms with van der Waals surface area (Å²) in [5.41, 5.74) is 0.119. The number of hydrogen-bond acceptors (Lipinski definition) is 5. The van der Waals surface area contributed by atoms with Crippen LogP contribution in [-0.2, 0) is 11.2 Å². The second-order valence-electron chi connectivity index (χ2n) is 5.62. The van der Waals surface area contributed by atoms with E-state index in [-0.39, 0.29) is 12.3 Å².